The number of hydrogen-bond acceptors (Lipinski definition) is 3. The Morgan fingerprint density at radius 1 is 0.844 bits per heavy atom. The van der Waals surface area contributed by atoms with E-state index in [0.717, 1.165) is 15.6 Å². The molecule has 1 aliphatic carbocycles. The Balaban J connectivity index is 1.86. The molecule has 3 nitrogen and oxygen atoms in total. The van der Waals surface area contributed by atoms with Crippen molar-refractivity contribution in [3.63, 3.8) is 0 Å². The van der Waals surface area contributed by atoms with Crippen molar-refractivity contribution in [3.05, 3.63) is 106 Å². The Morgan fingerprint density at radius 3 is 1.91 bits per heavy atom. The van der Waals surface area contributed by atoms with E-state index in [1.165, 1.54) is 0 Å². The fourth-order valence-electron chi connectivity index (χ4n) is 4.73. The van der Waals surface area contributed by atoms with Gasteiger partial charge in [-0.05, 0) is 56.4 Å². The molecule has 0 saturated heterocycles. The second-order valence-corrected chi connectivity index (χ2v) is 10.3. The van der Waals surface area contributed by atoms with E-state index in [4.69, 9.17) is 4.74 Å². The van der Waals surface area contributed by atoms with Crippen LogP contribution in [0, 0.1) is 5.41 Å². The Morgan fingerprint density at radius 2 is 1.38 bits per heavy atom. The van der Waals surface area contributed by atoms with Crippen molar-refractivity contribution in [1.29, 1.82) is 0 Å². The lowest BCUT2D eigenvalue weighted by Crippen LogP contribution is -2.57. The van der Waals surface area contributed by atoms with Crippen LogP contribution in [0.1, 0.15) is 60.5 Å². The molecule has 0 spiro atoms. The van der Waals surface area contributed by atoms with Crippen LogP contribution in [0.15, 0.2) is 89.4 Å². The third-order valence-corrected chi connectivity index (χ3v) is 6.66. The minimum absolute atomic E-state index is 0.0468. The molecule has 1 aliphatic rings. The van der Waals surface area contributed by atoms with Gasteiger partial charge in [0.25, 0.3) is 0 Å². The van der Waals surface area contributed by atoms with Gasteiger partial charge in [-0.1, -0.05) is 88.7 Å². The average Bonchev–Trinajstić information content (AvgIpc) is 2.74. The first kappa shape index (κ1) is 22.5. The van der Waals surface area contributed by atoms with Gasteiger partial charge in [0.2, 0.25) is 0 Å². The molecule has 4 heteroatoms. The van der Waals surface area contributed by atoms with Crippen LogP contribution in [0.25, 0.3) is 0 Å². The molecule has 0 heterocycles. The first-order valence-corrected chi connectivity index (χ1v) is 11.7. The fourth-order valence-corrected chi connectivity index (χ4v) is 4.99. The lowest BCUT2D eigenvalue weighted by atomic mass is 9.47. The van der Waals surface area contributed by atoms with Crippen LogP contribution in [-0.4, -0.2) is 17.4 Å². The van der Waals surface area contributed by atoms with Gasteiger partial charge in [0.15, 0.2) is 5.78 Å². The molecule has 0 aromatic heterocycles. The van der Waals surface area contributed by atoms with Gasteiger partial charge < -0.3 is 4.74 Å². The maximum absolute atomic E-state index is 14.0. The molecule has 3 aromatic rings. The van der Waals surface area contributed by atoms with Crippen LogP contribution in [0.2, 0.25) is 0 Å². The van der Waals surface area contributed by atoms with Gasteiger partial charge in [-0.15, -0.1) is 0 Å². The summed E-state index contributed by atoms with van der Waals surface area (Å²) in [6.45, 7) is 5.52. The highest BCUT2D eigenvalue weighted by molar-refractivity contribution is 9.10. The molecule has 0 amide bonds. The molecule has 164 valence electrons. The summed E-state index contributed by atoms with van der Waals surface area (Å²) >= 11 is 3.43. The first-order valence-electron chi connectivity index (χ1n) is 10.9. The number of carbonyl (C=O) groups excluding carboxylic acids is 2. The smallest absolute Gasteiger partial charge is 0.321 e. The summed E-state index contributed by atoms with van der Waals surface area (Å²) < 4.78 is 6.76. The molecular weight excluding hydrogens is 464 g/mol. The average molecular weight is 491 g/mol. The van der Waals surface area contributed by atoms with Gasteiger partial charge in [-0.3, -0.25) is 9.59 Å². The Labute approximate surface area is 197 Å². The third kappa shape index (κ3) is 4.16. The normalized spacial score (nSPS) is 22.6. The molecular formula is C28H27BrO3. The summed E-state index contributed by atoms with van der Waals surface area (Å²) in [5, 5.41) is 0. The second kappa shape index (κ2) is 8.67. The standard InChI is InChI=1S/C28H27BrO3/c1-27(2,3)32-26(31)28(25(30)21-14-16-22(29)17-15-21)18-23(19-10-6-4-7-11-19)24(28)20-12-8-5-9-13-20/h4-17,23-24H,18H2,1-3H3/t23-,24-,28+/m1/s1. The molecule has 1 saturated carbocycles. The van der Waals surface area contributed by atoms with E-state index in [0.29, 0.717) is 12.0 Å². The third-order valence-electron chi connectivity index (χ3n) is 6.14. The van der Waals surface area contributed by atoms with E-state index in [2.05, 4.69) is 28.1 Å². The largest absolute Gasteiger partial charge is 0.459 e. The van der Waals surface area contributed by atoms with Crippen molar-refractivity contribution in [3.8, 4) is 0 Å². The first-order chi connectivity index (χ1) is 15.2. The van der Waals surface area contributed by atoms with E-state index in [1.54, 1.807) is 12.1 Å². The highest BCUT2D eigenvalue weighted by Gasteiger charge is 2.65. The molecule has 3 aromatic carbocycles. The van der Waals surface area contributed by atoms with Gasteiger partial charge in [0, 0.05) is 16.0 Å². The maximum atomic E-state index is 14.0. The highest BCUT2D eigenvalue weighted by Crippen LogP contribution is 2.63. The van der Waals surface area contributed by atoms with Crippen molar-refractivity contribution < 1.29 is 14.3 Å². The van der Waals surface area contributed by atoms with Crippen molar-refractivity contribution in [2.45, 2.75) is 44.6 Å². The van der Waals surface area contributed by atoms with Crippen LogP contribution in [-0.2, 0) is 9.53 Å². The van der Waals surface area contributed by atoms with Crippen LogP contribution < -0.4 is 0 Å². The quantitative estimate of drug-likeness (QED) is 0.221. The molecule has 4 rings (SSSR count). The minimum atomic E-state index is -1.27. The van der Waals surface area contributed by atoms with E-state index in [-0.39, 0.29) is 17.6 Å². The SMILES string of the molecule is CC(C)(C)OC(=O)[C@@]1(C(=O)c2ccc(Br)cc2)C[C@H](c2ccccc2)[C@H]1c1ccccc1. The maximum Gasteiger partial charge on any atom is 0.321 e. The van der Waals surface area contributed by atoms with Crippen molar-refractivity contribution in [2.24, 2.45) is 5.41 Å². The van der Waals surface area contributed by atoms with Crippen LogP contribution in [0.3, 0.4) is 0 Å². The summed E-state index contributed by atoms with van der Waals surface area (Å²) in [6.07, 6.45) is 0.417. The topological polar surface area (TPSA) is 43.4 Å². The summed E-state index contributed by atoms with van der Waals surface area (Å²) in [5.74, 6) is -0.887. The predicted molar refractivity (Wildman–Crippen MR) is 130 cm³/mol. The summed E-state index contributed by atoms with van der Waals surface area (Å²) in [7, 11) is 0. The predicted octanol–water partition coefficient (Wildman–Crippen LogP) is 6.93. The Bertz CT molecular complexity index is 1100. The Kier molecular flexibility index (Phi) is 6.09. The van der Waals surface area contributed by atoms with Gasteiger partial charge in [0.1, 0.15) is 11.0 Å². The van der Waals surface area contributed by atoms with E-state index in [9.17, 15) is 9.59 Å². The van der Waals surface area contributed by atoms with Crippen LogP contribution in [0.4, 0.5) is 0 Å². The molecule has 0 unspecified atom stereocenters. The molecule has 0 N–H and O–H groups in total. The second-order valence-electron chi connectivity index (χ2n) is 9.42. The number of benzene rings is 3. The molecule has 32 heavy (non-hydrogen) atoms. The molecule has 0 aliphatic heterocycles. The zero-order valence-corrected chi connectivity index (χ0v) is 20.1. The number of rotatable bonds is 5. The number of ketones is 1. The zero-order valence-electron chi connectivity index (χ0n) is 18.5. The number of ether oxygens (including phenoxy) is 1. The molecule has 1 fully saturated rings. The molecule has 0 radical (unpaired) electrons. The van der Waals surface area contributed by atoms with Crippen molar-refractivity contribution in [1.82, 2.24) is 0 Å². The zero-order chi connectivity index (χ0) is 22.9. The van der Waals surface area contributed by atoms with Gasteiger partial charge in [-0.25, -0.2) is 0 Å². The number of carbonyl (C=O) groups is 2. The van der Waals surface area contributed by atoms with E-state index in [1.807, 2.05) is 81.4 Å². The Hall–Kier alpha value is -2.72. The highest BCUT2D eigenvalue weighted by atomic mass is 79.9. The summed E-state index contributed by atoms with van der Waals surface area (Å²) in [4.78, 5) is 27.8. The number of esters is 1. The lowest BCUT2D eigenvalue weighted by molar-refractivity contribution is -0.172. The van der Waals surface area contributed by atoms with E-state index < -0.39 is 17.0 Å². The van der Waals surface area contributed by atoms with Gasteiger partial charge >= 0.3 is 5.97 Å². The molecule has 0 bridgehead atoms. The summed E-state index contributed by atoms with van der Waals surface area (Å²) in [6, 6.07) is 27.2. The number of hydrogen-bond donors (Lipinski definition) is 0. The van der Waals surface area contributed by atoms with Crippen molar-refractivity contribution >= 4 is 27.7 Å². The van der Waals surface area contributed by atoms with E-state index >= 15 is 0 Å². The number of Topliss-reactive ketones (excluding diaryl/α,β-unsaturated/α-hetero) is 1. The van der Waals surface area contributed by atoms with Gasteiger partial charge in [0.05, 0.1) is 0 Å². The number of halogens is 1. The van der Waals surface area contributed by atoms with Crippen LogP contribution >= 0.6 is 15.9 Å². The lowest BCUT2D eigenvalue weighted by Gasteiger charge is -2.53. The van der Waals surface area contributed by atoms with Crippen molar-refractivity contribution in [2.75, 3.05) is 0 Å². The van der Waals surface area contributed by atoms with Gasteiger partial charge in [-0.2, -0.15) is 0 Å². The summed E-state index contributed by atoms with van der Waals surface area (Å²) in [5.41, 5.74) is 0.658. The fraction of sp³-hybridized carbons (Fsp3) is 0.286. The minimum Gasteiger partial charge on any atom is -0.459 e. The monoisotopic (exact) mass is 490 g/mol. The molecule has 3 atom stereocenters. The van der Waals surface area contributed by atoms with Crippen LogP contribution in [0.5, 0.6) is 0 Å².